The smallest absolute Gasteiger partial charge is 0.240 e. The van der Waals surface area contributed by atoms with E-state index in [-0.39, 0.29) is 24.4 Å². The molecule has 0 aliphatic rings. The standard InChI is InChI=1S/C11H18N4O2/c1-4-9(11-12-5-6-13-11)14-10(17)7-15(3)8(2)16/h5-6,9H,4,7H2,1-3H3,(H,12,13)(H,14,17). The minimum atomic E-state index is -0.189. The lowest BCUT2D eigenvalue weighted by atomic mass is 10.2. The topological polar surface area (TPSA) is 78.1 Å². The molecule has 0 spiro atoms. The molecule has 1 aromatic heterocycles. The third kappa shape index (κ3) is 3.90. The van der Waals surface area contributed by atoms with Crippen LogP contribution in [0.5, 0.6) is 0 Å². The summed E-state index contributed by atoms with van der Waals surface area (Å²) in [6, 6.07) is -0.141. The molecule has 0 bridgehead atoms. The summed E-state index contributed by atoms with van der Waals surface area (Å²) in [5, 5.41) is 2.83. The van der Waals surface area contributed by atoms with Crippen molar-refractivity contribution in [3.05, 3.63) is 18.2 Å². The van der Waals surface area contributed by atoms with Crippen molar-refractivity contribution in [2.75, 3.05) is 13.6 Å². The van der Waals surface area contributed by atoms with Crippen molar-refractivity contribution in [3.63, 3.8) is 0 Å². The van der Waals surface area contributed by atoms with E-state index in [1.54, 1.807) is 19.4 Å². The zero-order chi connectivity index (χ0) is 12.8. The SMILES string of the molecule is CCC(NC(=O)CN(C)C(C)=O)c1ncc[nH]1. The number of imidazole rings is 1. The highest BCUT2D eigenvalue weighted by molar-refractivity contribution is 5.83. The predicted octanol–water partition coefficient (Wildman–Crippen LogP) is 0.455. The lowest BCUT2D eigenvalue weighted by molar-refractivity contribution is -0.133. The summed E-state index contributed by atoms with van der Waals surface area (Å²) < 4.78 is 0. The van der Waals surface area contributed by atoms with E-state index in [1.807, 2.05) is 6.92 Å². The first-order valence-electron chi connectivity index (χ1n) is 5.55. The fraction of sp³-hybridized carbons (Fsp3) is 0.545. The maximum Gasteiger partial charge on any atom is 0.240 e. The van der Waals surface area contributed by atoms with Crippen LogP contribution in [0.1, 0.15) is 32.1 Å². The van der Waals surface area contributed by atoms with E-state index in [4.69, 9.17) is 0 Å². The highest BCUT2D eigenvalue weighted by Gasteiger charge is 2.16. The van der Waals surface area contributed by atoms with E-state index in [0.717, 1.165) is 12.2 Å². The van der Waals surface area contributed by atoms with Crippen molar-refractivity contribution in [1.82, 2.24) is 20.2 Å². The van der Waals surface area contributed by atoms with E-state index in [9.17, 15) is 9.59 Å². The summed E-state index contributed by atoms with van der Waals surface area (Å²) in [5.41, 5.74) is 0. The van der Waals surface area contributed by atoms with E-state index < -0.39 is 0 Å². The lowest BCUT2D eigenvalue weighted by Gasteiger charge is -2.18. The molecule has 6 heteroatoms. The largest absolute Gasteiger partial charge is 0.347 e. The van der Waals surface area contributed by atoms with Gasteiger partial charge in [0.05, 0.1) is 12.6 Å². The molecule has 2 amide bonds. The number of likely N-dealkylation sites (N-methyl/N-ethyl adjacent to an activating group) is 1. The van der Waals surface area contributed by atoms with Crippen molar-refractivity contribution in [1.29, 1.82) is 0 Å². The number of rotatable bonds is 5. The van der Waals surface area contributed by atoms with Crippen LogP contribution in [0.3, 0.4) is 0 Å². The molecule has 0 aliphatic heterocycles. The van der Waals surface area contributed by atoms with Gasteiger partial charge in [-0.2, -0.15) is 0 Å². The van der Waals surface area contributed by atoms with E-state index in [0.29, 0.717) is 0 Å². The van der Waals surface area contributed by atoms with Gasteiger partial charge in [0.25, 0.3) is 0 Å². The number of carbonyl (C=O) groups is 2. The Hall–Kier alpha value is -1.85. The van der Waals surface area contributed by atoms with Gasteiger partial charge in [0, 0.05) is 26.4 Å². The second-order valence-corrected chi connectivity index (χ2v) is 3.88. The number of nitrogens with zero attached hydrogens (tertiary/aromatic N) is 2. The van der Waals surface area contributed by atoms with Crippen LogP contribution in [0.15, 0.2) is 12.4 Å². The third-order valence-electron chi connectivity index (χ3n) is 2.51. The van der Waals surface area contributed by atoms with Crippen molar-refractivity contribution in [2.24, 2.45) is 0 Å². The second kappa shape index (κ2) is 6.03. The Labute approximate surface area is 100 Å². The molecule has 2 N–H and O–H groups in total. The Morgan fingerprint density at radius 2 is 2.29 bits per heavy atom. The van der Waals surface area contributed by atoms with Gasteiger partial charge in [-0.1, -0.05) is 6.92 Å². The van der Waals surface area contributed by atoms with Gasteiger partial charge in [0.15, 0.2) is 0 Å². The minimum Gasteiger partial charge on any atom is -0.347 e. The zero-order valence-corrected chi connectivity index (χ0v) is 10.4. The lowest BCUT2D eigenvalue weighted by Crippen LogP contribution is -2.39. The molecule has 1 rings (SSSR count). The summed E-state index contributed by atoms with van der Waals surface area (Å²) in [5.74, 6) is 0.406. The van der Waals surface area contributed by atoms with Gasteiger partial charge in [-0.05, 0) is 6.42 Å². The molecule has 6 nitrogen and oxygen atoms in total. The summed E-state index contributed by atoms with van der Waals surface area (Å²) in [6.07, 6.45) is 4.10. The summed E-state index contributed by atoms with van der Waals surface area (Å²) >= 11 is 0. The molecule has 1 unspecified atom stereocenters. The maximum absolute atomic E-state index is 11.7. The van der Waals surface area contributed by atoms with Crippen LogP contribution >= 0.6 is 0 Å². The number of hydrogen-bond acceptors (Lipinski definition) is 3. The second-order valence-electron chi connectivity index (χ2n) is 3.88. The summed E-state index contributed by atoms with van der Waals surface area (Å²) in [7, 11) is 1.59. The molecule has 0 aromatic carbocycles. The fourth-order valence-corrected chi connectivity index (χ4v) is 1.40. The number of aromatic amines is 1. The van der Waals surface area contributed by atoms with Gasteiger partial charge < -0.3 is 15.2 Å². The Kier molecular flexibility index (Phi) is 4.68. The van der Waals surface area contributed by atoms with Crippen LogP contribution in [0.25, 0.3) is 0 Å². The van der Waals surface area contributed by atoms with Crippen molar-refractivity contribution < 1.29 is 9.59 Å². The first kappa shape index (κ1) is 13.2. The zero-order valence-electron chi connectivity index (χ0n) is 10.4. The van der Waals surface area contributed by atoms with Crippen LogP contribution in [0.2, 0.25) is 0 Å². The highest BCUT2D eigenvalue weighted by Crippen LogP contribution is 2.10. The molecule has 1 heterocycles. The molecule has 1 atom stereocenters. The number of amides is 2. The predicted molar refractivity (Wildman–Crippen MR) is 63.1 cm³/mol. The Bertz CT molecular complexity index is 375. The third-order valence-corrected chi connectivity index (χ3v) is 2.51. The van der Waals surface area contributed by atoms with Crippen molar-refractivity contribution in [2.45, 2.75) is 26.3 Å². The Morgan fingerprint density at radius 3 is 2.76 bits per heavy atom. The minimum absolute atomic E-state index is 0.0620. The quantitative estimate of drug-likeness (QED) is 0.782. The first-order chi connectivity index (χ1) is 8.04. The molecule has 0 saturated carbocycles. The number of carbonyl (C=O) groups excluding carboxylic acids is 2. The molecular formula is C11H18N4O2. The van der Waals surface area contributed by atoms with Crippen LogP contribution in [-0.4, -0.2) is 40.3 Å². The van der Waals surface area contributed by atoms with Crippen LogP contribution < -0.4 is 5.32 Å². The molecule has 17 heavy (non-hydrogen) atoms. The van der Waals surface area contributed by atoms with Gasteiger partial charge >= 0.3 is 0 Å². The average Bonchev–Trinajstić information content (AvgIpc) is 2.78. The Balaban J connectivity index is 2.52. The van der Waals surface area contributed by atoms with Crippen LogP contribution in [0, 0.1) is 0 Å². The van der Waals surface area contributed by atoms with Crippen LogP contribution in [-0.2, 0) is 9.59 Å². The fourth-order valence-electron chi connectivity index (χ4n) is 1.40. The molecule has 0 saturated heterocycles. The van der Waals surface area contributed by atoms with E-state index in [1.165, 1.54) is 11.8 Å². The number of nitrogens with one attached hydrogen (secondary N) is 2. The summed E-state index contributed by atoms with van der Waals surface area (Å²) in [4.78, 5) is 31.1. The Morgan fingerprint density at radius 1 is 1.59 bits per heavy atom. The number of hydrogen-bond donors (Lipinski definition) is 2. The van der Waals surface area contributed by atoms with Gasteiger partial charge in [-0.25, -0.2) is 4.98 Å². The molecular weight excluding hydrogens is 220 g/mol. The molecule has 94 valence electrons. The number of aromatic nitrogens is 2. The van der Waals surface area contributed by atoms with Crippen molar-refractivity contribution >= 4 is 11.8 Å². The van der Waals surface area contributed by atoms with E-state index in [2.05, 4.69) is 15.3 Å². The molecule has 0 aliphatic carbocycles. The molecule has 1 aromatic rings. The number of H-pyrrole nitrogens is 1. The van der Waals surface area contributed by atoms with Gasteiger partial charge in [0.2, 0.25) is 11.8 Å². The van der Waals surface area contributed by atoms with Crippen LogP contribution in [0.4, 0.5) is 0 Å². The highest BCUT2D eigenvalue weighted by atomic mass is 16.2. The summed E-state index contributed by atoms with van der Waals surface area (Å²) in [6.45, 7) is 3.45. The first-order valence-corrected chi connectivity index (χ1v) is 5.55. The maximum atomic E-state index is 11.7. The monoisotopic (exact) mass is 238 g/mol. The van der Waals surface area contributed by atoms with Gasteiger partial charge in [0.1, 0.15) is 5.82 Å². The van der Waals surface area contributed by atoms with Crippen molar-refractivity contribution in [3.8, 4) is 0 Å². The van der Waals surface area contributed by atoms with E-state index >= 15 is 0 Å². The molecule has 0 fully saturated rings. The van der Waals surface area contributed by atoms with Gasteiger partial charge in [-0.15, -0.1) is 0 Å². The molecule has 0 radical (unpaired) electrons. The average molecular weight is 238 g/mol. The normalized spacial score (nSPS) is 11.9. The van der Waals surface area contributed by atoms with Gasteiger partial charge in [-0.3, -0.25) is 9.59 Å².